The molecule has 0 spiro atoms. The van der Waals surface area contributed by atoms with Gasteiger partial charge in [-0.25, -0.2) is 13.2 Å². The van der Waals surface area contributed by atoms with Gasteiger partial charge in [-0.3, -0.25) is 0 Å². The van der Waals surface area contributed by atoms with E-state index in [-0.39, 0.29) is 0 Å². The first-order valence-corrected chi connectivity index (χ1v) is 6.04. The molecule has 0 saturated carbocycles. The lowest BCUT2D eigenvalue weighted by Gasteiger charge is -2.37. The molecule has 0 radical (unpaired) electrons. The smallest absolute Gasteiger partial charge is 0.378 e. The third kappa shape index (κ3) is 4.40. The minimum absolute atomic E-state index is 0.571. The van der Waals surface area contributed by atoms with Crippen molar-refractivity contribution in [2.75, 3.05) is 19.8 Å². The maximum atomic E-state index is 13.8. The molecule has 1 rings (SSSR count). The highest BCUT2D eigenvalue weighted by Crippen LogP contribution is 2.47. The van der Waals surface area contributed by atoms with Crippen LogP contribution in [0.2, 0.25) is 0 Å². The second kappa shape index (κ2) is 6.06. The van der Waals surface area contributed by atoms with E-state index in [1.54, 1.807) is 0 Å². The second-order valence-corrected chi connectivity index (χ2v) is 5.36. The van der Waals surface area contributed by atoms with Crippen LogP contribution in [0, 0.1) is 5.41 Å². The molecule has 11 heteroatoms. The first kappa shape index (κ1) is 19.3. The van der Waals surface area contributed by atoms with Gasteiger partial charge in [0.05, 0.1) is 37.8 Å². The zero-order chi connectivity index (χ0) is 17.4. The second-order valence-electron chi connectivity index (χ2n) is 5.36. The molecule has 1 aliphatic rings. The molecule has 0 aromatic rings. The van der Waals surface area contributed by atoms with E-state index in [1.807, 2.05) is 0 Å². The lowest BCUT2D eigenvalue weighted by molar-refractivity contribution is -0.284. The van der Waals surface area contributed by atoms with Crippen molar-refractivity contribution in [1.82, 2.24) is 0 Å². The Balaban J connectivity index is 2.86. The number of alkyl halides is 9. The van der Waals surface area contributed by atoms with E-state index in [0.29, 0.717) is 6.92 Å². The fourth-order valence-electron chi connectivity index (χ4n) is 1.89. The molecule has 22 heavy (non-hydrogen) atoms. The Hall–Kier alpha value is -0.710. The van der Waals surface area contributed by atoms with Crippen LogP contribution in [-0.4, -0.2) is 50.4 Å². The monoisotopic (exact) mass is 348 g/mol. The Kier molecular flexibility index (Phi) is 5.33. The van der Waals surface area contributed by atoms with Gasteiger partial charge in [0.15, 0.2) is 0 Å². The fraction of sp³-hybridized carbons (Fsp3) is 1.00. The molecule has 0 aromatic carbocycles. The van der Waals surface area contributed by atoms with E-state index in [0.717, 1.165) is 0 Å². The third-order valence-electron chi connectivity index (χ3n) is 3.23. The SMILES string of the molecule is CC1(C(F)(F)C(F)C(F)(F)F)COCC(CC(F)(F)F)OC1. The van der Waals surface area contributed by atoms with Gasteiger partial charge in [-0.05, 0) is 6.92 Å². The minimum atomic E-state index is -5.82. The normalized spacial score (nSPS) is 30.0. The zero-order valence-corrected chi connectivity index (χ0v) is 11.2. The van der Waals surface area contributed by atoms with Crippen molar-refractivity contribution in [3.05, 3.63) is 0 Å². The first-order chi connectivity index (χ1) is 9.69. The Bertz CT molecular complexity index is 379. The third-order valence-corrected chi connectivity index (χ3v) is 3.23. The van der Waals surface area contributed by atoms with Crippen LogP contribution in [0.25, 0.3) is 0 Å². The molecule has 2 nitrogen and oxygen atoms in total. The van der Waals surface area contributed by atoms with E-state index in [9.17, 15) is 39.5 Å². The molecule has 132 valence electrons. The number of hydrogen-bond donors (Lipinski definition) is 0. The van der Waals surface area contributed by atoms with Gasteiger partial charge in [0.25, 0.3) is 12.1 Å². The quantitative estimate of drug-likeness (QED) is 0.721. The maximum absolute atomic E-state index is 13.8. The highest BCUT2D eigenvalue weighted by molar-refractivity contribution is 4.98. The van der Waals surface area contributed by atoms with Crippen molar-refractivity contribution < 1.29 is 49.0 Å². The minimum Gasteiger partial charge on any atom is -0.378 e. The van der Waals surface area contributed by atoms with Crippen LogP contribution in [0.3, 0.4) is 0 Å². The van der Waals surface area contributed by atoms with Crippen molar-refractivity contribution in [3.63, 3.8) is 0 Å². The molecule has 0 N–H and O–H groups in total. The lowest BCUT2D eigenvalue weighted by atomic mass is 9.82. The summed E-state index contributed by atoms with van der Waals surface area (Å²) in [6, 6.07) is 0. The molecule has 3 unspecified atom stereocenters. The average molecular weight is 348 g/mol. The van der Waals surface area contributed by atoms with E-state index < -0.39 is 62.2 Å². The Morgan fingerprint density at radius 3 is 2.05 bits per heavy atom. The van der Waals surface area contributed by atoms with Gasteiger partial charge in [0, 0.05) is 0 Å². The summed E-state index contributed by atoms with van der Waals surface area (Å²) < 4.78 is 123. The van der Waals surface area contributed by atoms with Crippen molar-refractivity contribution in [2.24, 2.45) is 5.41 Å². The molecular weight excluding hydrogens is 335 g/mol. The molecular formula is C11H13F9O2. The van der Waals surface area contributed by atoms with Crippen LogP contribution in [0.4, 0.5) is 39.5 Å². The van der Waals surface area contributed by atoms with Crippen LogP contribution in [0.5, 0.6) is 0 Å². The van der Waals surface area contributed by atoms with Crippen LogP contribution < -0.4 is 0 Å². The van der Waals surface area contributed by atoms with Crippen molar-refractivity contribution in [2.45, 2.75) is 43.9 Å². The number of ether oxygens (including phenoxy) is 2. The van der Waals surface area contributed by atoms with Gasteiger partial charge in [-0.2, -0.15) is 26.3 Å². The van der Waals surface area contributed by atoms with E-state index in [2.05, 4.69) is 9.47 Å². The Labute approximate surface area is 119 Å². The van der Waals surface area contributed by atoms with E-state index in [4.69, 9.17) is 0 Å². The maximum Gasteiger partial charge on any atom is 0.425 e. The van der Waals surface area contributed by atoms with Crippen LogP contribution in [0.1, 0.15) is 13.3 Å². The summed E-state index contributed by atoms with van der Waals surface area (Å²) in [5.41, 5.74) is -2.75. The van der Waals surface area contributed by atoms with Gasteiger partial charge in [-0.1, -0.05) is 0 Å². The summed E-state index contributed by atoms with van der Waals surface area (Å²) in [6.07, 6.45) is -18.1. The van der Waals surface area contributed by atoms with Gasteiger partial charge < -0.3 is 9.47 Å². The topological polar surface area (TPSA) is 18.5 Å². The number of hydrogen-bond acceptors (Lipinski definition) is 2. The standard InChI is InChI=1S/C11H13F9O2/c1-8(10(16,17)7(12)11(18,19)20)4-21-3-6(22-5-8)2-9(13,14)15/h6-7H,2-5H2,1H3. The van der Waals surface area contributed by atoms with Crippen LogP contribution in [0.15, 0.2) is 0 Å². The van der Waals surface area contributed by atoms with E-state index in [1.165, 1.54) is 0 Å². The molecule has 3 atom stereocenters. The van der Waals surface area contributed by atoms with Gasteiger partial charge in [0.1, 0.15) is 0 Å². The molecule has 0 amide bonds. The Morgan fingerprint density at radius 2 is 1.59 bits per heavy atom. The van der Waals surface area contributed by atoms with Crippen LogP contribution >= 0.6 is 0 Å². The molecule has 0 aromatic heterocycles. The first-order valence-electron chi connectivity index (χ1n) is 6.04. The van der Waals surface area contributed by atoms with Gasteiger partial charge >= 0.3 is 12.4 Å². The summed E-state index contributed by atoms with van der Waals surface area (Å²) in [6.45, 7) is -2.42. The predicted molar refractivity (Wildman–Crippen MR) is 55.2 cm³/mol. The number of halogens is 9. The largest absolute Gasteiger partial charge is 0.425 e. The zero-order valence-electron chi connectivity index (χ0n) is 11.2. The Morgan fingerprint density at radius 1 is 1.05 bits per heavy atom. The highest BCUT2D eigenvalue weighted by Gasteiger charge is 2.66. The molecule has 1 saturated heterocycles. The molecule has 1 aliphatic heterocycles. The molecule has 0 aliphatic carbocycles. The fourth-order valence-corrected chi connectivity index (χ4v) is 1.89. The van der Waals surface area contributed by atoms with Crippen molar-refractivity contribution in [3.8, 4) is 0 Å². The molecule has 1 heterocycles. The summed E-state index contributed by atoms with van der Waals surface area (Å²) >= 11 is 0. The highest BCUT2D eigenvalue weighted by atomic mass is 19.4. The van der Waals surface area contributed by atoms with Crippen molar-refractivity contribution in [1.29, 1.82) is 0 Å². The van der Waals surface area contributed by atoms with Gasteiger partial charge in [-0.15, -0.1) is 0 Å². The predicted octanol–water partition coefficient (Wildman–Crippen LogP) is 3.90. The average Bonchev–Trinajstić information content (AvgIpc) is 2.49. The van der Waals surface area contributed by atoms with Crippen molar-refractivity contribution >= 4 is 0 Å². The molecule has 1 fully saturated rings. The van der Waals surface area contributed by atoms with E-state index >= 15 is 0 Å². The summed E-state index contributed by atoms with van der Waals surface area (Å²) in [4.78, 5) is 0. The molecule has 0 bridgehead atoms. The lowest BCUT2D eigenvalue weighted by Crippen LogP contribution is -2.55. The number of rotatable bonds is 3. The summed E-state index contributed by atoms with van der Waals surface area (Å²) in [5.74, 6) is -4.92. The summed E-state index contributed by atoms with van der Waals surface area (Å²) in [5, 5.41) is 0. The summed E-state index contributed by atoms with van der Waals surface area (Å²) in [7, 11) is 0. The van der Waals surface area contributed by atoms with Gasteiger partial charge in [0.2, 0.25) is 0 Å². The van der Waals surface area contributed by atoms with Crippen LogP contribution in [-0.2, 0) is 9.47 Å².